The molecule has 0 atom stereocenters. The van der Waals surface area contributed by atoms with E-state index in [1.807, 2.05) is 18.2 Å². The summed E-state index contributed by atoms with van der Waals surface area (Å²) in [7, 11) is 0. The summed E-state index contributed by atoms with van der Waals surface area (Å²) in [6.07, 6.45) is 1.02. The van der Waals surface area contributed by atoms with E-state index >= 15 is 0 Å². The Morgan fingerprint density at radius 1 is 1.35 bits per heavy atom. The van der Waals surface area contributed by atoms with E-state index < -0.39 is 16.6 Å². The zero-order valence-electron chi connectivity index (χ0n) is 10.2. The largest absolute Gasteiger partial charge is 0.478 e. The minimum Gasteiger partial charge on any atom is -0.478 e. The summed E-state index contributed by atoms with van der Waals surface area (Å²) in [5.41, 5.74) is 0.0931. The maximum Gasteiger partial charge on any atom is 0.337 e. The molecule has 0 saturated heterocycles. The molecule has 1 N–H and O–H groups in total. The van der Waals surface area contributed by atoms with Gasteiger partial charge >= 0.3 is 11.7 Å². The van der Waals surface area contributed by atoms with Crippen LogP contribution < -0.4 is 4.74 Å². The van der Waals surface area contributed by atoms with Crippen molar-refractivity contribution in [1.29, 1.82) is 0 Å². The highest BCUT2D eigenvalue weighted by Crippen LogP contribution is 2.25. The molecular formula is C13H10N2O5. The van der Waals surface area contributed by atoms with E-state index in [9.17, 15) is 14.9 Å². The first-order chi connectivity index (χ1) is 9.58. The van der Waals surface area contributed by atoms with Crippen molar-refractivity contribution in [3.63, 3.8) is 0 Å². The molecule has 1 aromatic heterocycles. The number of carboxylic acids is 1. The van der Waals surface area contributed by atoms with Gasteiger partial charge in [-0.2, -0.15) is 0 Å². The van der Waals surface area contributed by atoms with Gasteiger partial charge in [0, 0.05) is 12.3 Å². The Hall–Kier alpha value is -2.96. The van der Waals surface area contributed by atoms with Gasteiger partial charge in [-0.05, 0) is 5.56 Å². The molecule has 0 amide bonds. The Balaban J connectivity index is 2.23. The number of ether oxygens (including phenoxy) is 1. The first kappa shape index (κ1) is 13.5. The summed E-state index contributed by atoms with van der Waals surface area (Å²) in [5, 5.41) is 19.7. The molecule has 20 heavy (non-hydrogen) atoms. The Kier molecular flexibility index (Phi) is 3.90. The molecule has 102 valence electrons. The molecule has 2 aromatic rings. The molecular weight excluding hydrogens is 264 g/mol. The number of nitro groups is 1. The van der Waals surface area contributed by atoms with E-state index in [4.69, 9.17) is 9.84 Å². The van der Waals surface area contributed by atoms with Crippen LogP contribution in [-0.4, -0.2) is 21.0 Å². The predicted molar refractivity (Wildman–Crippen MR) is 68.6 cm³/mol. The zero-order chi connectivity index (χ0) is 14.5. The lowest BCUT2D eigenvalue weighted by molar-refractivity contribution is -0.386. The molecule has 1 aromatic carbocycles. The number of pyridine rings is 1. The minimum absolute atomic E-state index is 0.112. The Bertz CT molecular complexity index is 642. The molecule has 0 spiro atoms. The van der Waals surface area contributed by atoms with Gasteiger partial charge in [0.25, 0.3) is 5.88 Å². The number of rotatable bonds is 5. The van der Waals surface area contributed by atoms with Crippen molar-refractivity contribution in [3.8, 4) is 5.88 Å². The van der Waals surface area contributed by atoms with Gasteiger partial charge in [0.15, 0.2) is 0 Å². The quantitative estimate of drug-likeness (QED) is 0.662. The van der Waals surface area contributed by atoms with Crippen molar-refractivity contribution in [1.82, 2.24) is 4.98 Å². The van der Waals surface area contributed by atoms with Crippen LogP contribution in [0.1, 0.15) is 15.9 Å². The first-order valence-electron chi connectivity index (χ1n) is 5.62. The number of aromatic nitrogens is 1. The molecule has 1 heterocycles. The second-order valence-corrected chi connectivity index (χ2v) is 3.88. The molecule has 0 saturated carbocycles. The summed E-state index contributed by atoms with van der Waals surface area (Å²) >= 11 is 0. The van der Waals surface area contributed by atoms with E-state index in [2.05, 4.69) is 4.98 Å². The number of carboxylic acid groups (broad SMARTS) is 1. The third-order valence-corrected chi connectivity index (χ3v) is 2.49. The van der Waals surface area contributed by atoms with E-state index in [0.717, 1.165) is 17.8 Å². The first-order valence-corrected chi connectivity index (χ1v) is 5.62. The number of hydrogen-bond donors (Lipinski definition) is 1. The van der Waals surface area contributed by atoms with Crippen molar-refractivity contribution in [2.24, 2.45) is 0 Å². The highest BCUT2D eigenvalue weighted by Gasteiger charge is 2.20. The number of nitrogens with zero attached hydrogens (tertiary/aromatic N) is 2. The molecule has 0 aliphatic carbocycles. The molecule has 0 bridgehead atoms. The van der Waals surface area contributed by atoms with Gasteiger partial charge in [-0.3, -0.25) is 10.1 Å². The van der Waals surface area contributed by atoms with Gasteiger partial charge in [-0.1, -0.05) is 30.3 Å². The third kappa shape index (κ3) is 3.08. The van der Waals surface area contributed by atoms with Crippen LogP contribution in [0.3, 0.4) is 0 Å². The maximum absolute atomic E-state index is 10.9. The molecule has 7 heteroatoms. The fraction of sp³-hybridized carbons (Fsp3) is 0.0769. The number of hydrogen-bond acceptors (Lipinski definition) is 5. The molecule has 2 rings (SSSR count). The van der Waals surface area contributed by atoms with Crippen LogP contribution in [0, 0.1) is 10.1 Å². The van der Waals surface area contributed by atoms with Gasteiger partial charge in [-0.25, -0.2) is 9.78 Å². The van der Waals surface area contributed by atoms with E-state index in [0.29, 0.717) is 0 Å². The average molecular weight is 274 g/mol. The van der Waals surface area contributed by atoms with Crippen LogP contribution in [0.2, 0.25) is 0 Å². The van der Waals surface area contributed by atoms with Crippen LogP contribution in [0.4, 0.5) is 5.69 Å². The second-order valence-electron chi connectivity index (χ2n) is 3.88. The topological polar surface area (TPSA) is 103 Å². The summed E-state index contributed by atoms with van der Waals surface area (Å²) < 4.78 is 5.27. The molecule has 0 fully saturated rings. The van der Waals surface area contributed by atoms with Crippen molar-refractivity contribution in [2.75, 3.05) is 0 Å². The Morgan fingerprint density at radius 2 is 2.05 bits per heavy atom. The number of carbonyl (C=O) groups is 1. The summed E-state index contributed by atoms with van der Waals surface area (Å²) in [4.78, 5) is 24.6. The standard InChI is InChI=1S/C13H10N2O5/c16-13(17)10-6-11(15(18)19)12(14-7-10)20-8-9-4-2-1-3-5-9/h1-7H,8H2,(H,16,17). The van der Waals surface area contributed by atoms with Crippen LogP contribution in [0.25, 0.3) is 0 Å². The highest BCUT2D eigenvalue weighted by molar-refractivity contribution is 5.88. The fourth-order valence-corrected chi connectivity index (χ4v) is 1.53. The van der Waals surface area contributed by atoms with Crippen LogP contribution >= 0.6 is 0 Å². The lowest BCUT2D eigenvalue weighted by Crippen LogP contribution is -2.04. The SMILES string of the molecule is O=C(O)c1cnc(OCc2ccccc2)c([N+](=O)[O-])c1. The lowest BCUT2D eigenvalue weighted by Gasteiger charge is -2.06. The molecule has 0 aliphatic rings. The molecule has 0 aliphatic heterocycles. The molecule has 0 radical (unpaired) electrons. The summed E-state index contributed by atoms with van der Waals surface area (Å²) in [5.74, 6) is -1.49. The summed E-state index contributed by atoms with van der Waals surface area (Å²) in [6, 6.07) is 10.00. The van der Waals surface area contributed by atoms with E-state index in [1.165, 1.54) is 0 Å². The van der Waals surface area contributed by atoms with Gasteiger partial charge in [0.2, 0.25) is 0 Å². The Morgan fingerprint density at radius 3 is 2.65 bits per heavy atom. The van der Waals surface area contributed by atoms with Crippen molar-refractivity contribution in [3.05, 3.63) is 63.8 Å². The molecule has 0 unspecified atom stereocenters. The van der Waals surface area contributed by atoms with Crippen molar-refractivity contribution < 1.29 is 19.6 Å². The van der Waals surface area contributed by atoms with Gasteiger partial charge in [0.05, 0.1) is 10.5 Å². The zero-order valence-corrected chi connectivity index (χ0v) is 10.2. The van der Waals surface area contributed by atoms with Crippen LogP contribution in [0.15, 0.2) is 42.6 Å². The van der Waals surface area contributed by atoms with Crippen molar-refractivity contribution in [2.45, 2.75) is 6.61 Å². The van der Waals surface area contributed by atoms with Crippen LogP contribution in [-0.2, 0) is 6.61 Å². The fourth-order valence-electron chi connectivity index (χ4n) is 1.53. The van der Waals surface area contributed by atoms with E-state index in [1.54, 1.807) is 12.1 Å². The predicted octanol–water partition coefficient (Wildman–Crippen LogP) is 2.27. The summed E-state index contributed by atoms with van der Waals surface area (Å²) in [6.45, 7) is 0.112. The average Bonchev–Trinajstić information content (AvgIpc) is 2.45. The normalized spacial score (nSPS) is 10.0. The number of aromatic carboxylic acids is 1. The van der Waals surface area contributed by atoms with Gasteiger partial charge in [-0.15, -0.1) is 0 Å². The van der Waals surface area contributed by atoms with Crippen molar-refractivity contribution >= 4 is 11.7 Å². The monoisotopic (exact) mass is 274 g/mol. The van der Waals surface area contributed by atoms with Gasteiger partial charge < -0.3 is 9.84 Å². The smallest absolute Gasteiger partial charge is 0.337 e. The minimum atomic E-state index is -1.28. The van der Waals surface area contributed by atoms with E-state index in [-0.39, 0.29) is 18.1 Å². The number of benzene rings is 1. The van der Waals surface area contributed by atoms with Crippen LogP contribution in [0.5, 0.6) is 5.88 Å². The lowest BCUT2D eigenvalue weighted by atomic mass is 10.2. The highest BCUT2D eigenvalue weighted by atomic mass is 16.6. The second kappa shape index (κ2) is 5.79. The molecule has 7 nitrogen and oxygen atoms in total. The maximum atomic E-state index is 10.9. The third-order valence-electron chi connectivity index (χ3n) is 2.49. The van der Waals surface area contributed by atoms with Gasteiger partial charge in [0.1, 0.15) is 6.61 Å². The Labute approximate surface area is 113 Å².